The van der Waals surface area contributed by atoms with Gasteiger partial charge in [0, 0.05) is 25.1 Å². The van der Waals surface area contributed by atoms with Gasteiger partial charge in [0.05, 0.1) is 16.6 Å². The van der Waals surface area contributed by atoms with E-state index in [4.69, 9.17) is 9.05 Å². The molecule has 142 valence electrons. The van der Waals surface area contributed by atoms with Crippen LogP contribution < -0.4 is 5.32 Å². The predicted molar refractivity (Wildman–Crippen MR) is 101 cm³/mol. The van der Waals surface area contributed by atoms with Crippen molar-refractivity contribution in [1.29, 1.82) is 0 Å². The van der Waals surface area contributed by atoms with E-state index in [9.17, 15) is 4.79 Å². The van der Waals surface area contributed by atoms with Crippen LogP contribution in [-0.2, 0) is 12.8 Å². The second-order valence-corrected chi connectivity index (χ2v) is 6.53. The van der Waals surface area contributed by atoms with E-state index < -0.39 is 0 Å². The van der Waals surface area contributed by atoms with Crippen molar-refractivity contribution < 1.29 is 13.8 Å². The lowest BCUT2D eigenvalue weighted by molar-refractivity contribution is 0.0955. The summed E-state index contributed by atoms with van der Waals surface area (Å²) in [5.74, 6) is 0.897. The minimum absolute atomic E-state index is 0.217. The highest BCUT2D eigenvalue weighted by atomic mass is 16.5. The molecule has 1 aromatic carbocycles. The van der Waals surface area contributed by atoms with Crippen LogP contribution in [0.2, 0.25) is 0 Å². The number of pyridine rings is 1. The molecule has 0 spiro atoms. The Bertz CT molecular complexity index is 1120. The molecule has 1 amide bonds. The maximum atomic E-state index is 12.6. The molecule has 0 saturated carbocycles. The molecule has 0 bridgehead atoms. The standard InChI is InChI=1S/C20H19N5O3/c1-12-10-15(18-13(2)24-28-20(18)22-12)19(26)21-9-8-17-23-16(25-27-17)11-14-6-4-3-5-7-14/h3-7,10H,8-9,11H2,1-2H3,(H,21,26). The molecule has 0 unspecified atom stereocenters. The van der Waals surface area contributed by atoms with Gasteiger partial charge in [-0.3, -0.25) is 4.79 Å². The molecule has 4 rings (SSSR count). The van der Waals surface area contributed by atoms with Crippen LogP contribution in [0.4, 0.5) is 0 Å². The van der Waals surface area contributed by atoms with Crippen molar-refractivity contribution in [3.63, 3.8) is 0 Å². The van der Waals surface area contributed by atoms with Gasteiger partial charge in [0.25, 0.3) is 11.6 Å². The third kappa shape index (κ3) is 3.75. The maximum absolute atomic E-state index is 12.6. The summed E-state index contributed by atoms with van der Waals surface area (Å²) in [7, 11) is 0. The van der Waals surface area contributed by atoms with E-state index in [1.807, 2.05) is 30.3 Å². The molecule has 0 saturated heterocycles. The summed E-state index contributed by atoms with van der Waals surface area (Å²) < 4.78 is 10.4. The lowest BCUT2D eigenvalue weighted by Gasteiger charge is -2.05. The summed E-state index contributed by atoms with van der Waals surface area (Å²) in [6.07, 6.45) is 1.06. The summed E-state index contributed by atoms with van der Waals surface area (Å²) in [5.41, 5.74) is 3.30. The van der Waals surface area contributed by atoms with Crippen molar-refractivity contribution in [2.45, 2.75) is 26.7 Å². The lowest BCUT2D eigenvalue weighted by Crippen LogP contribution is -2.26. The number of fused-ring (bicyclic) bond motifs is 1. The minimum Gasteiger partial charge on any atom is -0.351 e. The Morgan fingerprint density at radius 3 is 2.71 bits per heavy atom. The molecule has 0 aliphatic heterocycles. The van der Waals surface area contributed by atoms with Gasteiger partial charge in [0.15, 0.2) is 5.82 Å². The van der Waals surface area contributed by atoms with E-state index in [0.29, 0.717) is 59.2 Å². The molecule has 0 aliphatic rings. The fourth-order valence-corrected chi connectivity index (χ4v) is 3.02. The Kier molecular flexibility index (Phi) is 4.84. The van der Waals surface area contributed by atoms with Crippen LogP contribution >= 0.6 is 0 Å². The number of carbonyl (C=O) groups is 1. The first-order valence-electron chi connectivity index (χ1n) is 8.97. The van der Waals surface area contributed by atoms with Crippen molar-refractivity contribution in [1.82, 2.24) is 25.6 Å². The predicted octanol–water partition coefficient (Wildman–Crippen LogP) is 2.79. The van der Waals surface area contributed by atoms with E-state index in [1.165, 1.54) is 0 Å². The number of aryl methyl sites for hydroxylation is 2. The fourth-order valence-electron chi connectivity index (χ4n) is 3.02. The number of aromatic nitrogens is 4. The normalized spacial score (nSPS) is 11.1. The summed E-state index contributed by atoms with van der Waals surface area (Å²) in [6, 6.07) is 11.7. The second kappa shape index (κ2) is 7.59. The molecule has 0 radical (unpaired) electrons. The van der Waals surface area contributed by atoms with E-state index in [2.05, 4.69) is 25.6 Å². The Morgan fingerprint density at radius 2 is 1.89 bits per heavy atom. The van der Waals surface area contributed by atoms with Gasteiger partial charge >= 0.3 is 0 Å². The number of hydrogen-bond acceptors (Lipinski definition) is 7. The second-order valence-electron chi connectivity index (χ2n) is 6.53. The zero-order valence-electron chi connectivity index (χ0n) is 15.6. The Hall–Kier alpha value is -3.55. The van der Waals surface area contributed by atoms with Crippen LogP contribution in [0, 0.1) is 13.8 Å². The Balaban J connectivity index is 1.38. The van der Waals surface area contributed by atoms with Gasteiger partial charge in [-0.1, -0.05) is 40.6 Å². The van der Waals surface area contributed by atoms with E-state index in [1.54, 1.807) is 19.9 Å². The zero-order valence-corrected chi connectivity index (χ0v) is 15.6. The van der Waals surface area contributed by atoms with Crippen LogP contribution in [0.25, 0.3) is 11.1 Å². The topological polar surface area (TPSA) is 107 Å². The lowest BCUT2D eigenvalue weighted by atomic mass is 10.1. The van der Waals surface area contributed by atoms with E-state index in [-0.39, 0.29) is 5.91 Å². The number of nitrogens with zero attached hydrogens (tertiary/aromatic N) is 4. The van der Waals surface area contributed by atoms with Crippen molar-refractivity contribution in [2.75, 3.05) is 6.54 Å². The van der Waals surface area contributed by atoms with Gasteiger partial charge in [0.2, 0.25) is 5.89 Å². The molecule has 28 heavy (non-hydrogen) atoms. The summed E-state index contributed by atoms with van der Waals surface area (Å²) in [4.78, 5) is 21.3. The monoisotopic (exact) mass is 377 g/mol. The van der Waals surface area contributed by atoms with Crippen LogP contribution in [0.3, 0.4) is 0 Å². The largest absolute Gasteiger partial charge is 0.351 e. The molecule has 0 aliphatic carbocycles. The first-order valence-corrected chi connectivity index (χ1v) is 8.97. The molecule has 8 nitrogen and oxygen atoms in total. The number of nitrogens with one attached hydrogen (secondary N) is 1. The Morgan fingerprint density at radius 1 is 1.07 bits per heavy atom. The number of carbonyl (C=O) groups excluding carboxylic acids is 1. The summed E-state index contributed by atoms with van der Waals surface area (Å²) in [5, 5.41) is 11.4. The number of benzene rings is 1. The fraction of sp³-hybridized carbons (Fsp3) is 0.250. The van der Waals surface area contributed by atoms with Crippen LogP contribution in [0.5, 0.6) is 0 Å². The molecule has 3 aromatic heterocycles. The third-order valence-electron chi connectivity index (χ3n) is 4.33. The van der Waals surface area contributed by atoms with E-state index >= 15 is 0 Å². The maximum Gasteiger partial charge on any atom is 0.258 e. The zero-order chi connectivity index (χ0) is 19.5. The molecule has 0 atom stereocenters. The van der Waals surface area contributed by atoms with Gasteiger partial charge < -0.3 is 14.4 Å². The van der Waals surface area contributed by atoms with Crippen LogP contribution in [0.15, 0.2) is 45.4 Å². The van der Waals surface area contributed by atoms with Gasteiger partial charge in [-0.2, -0.15) is 4.98 Å². The summed E-state index contributed by atoms with van der Waals surface area (Å²) in [6.45, 7) is 3.96. The third-order valence-corrected chi connectivity index (χ3v) is 4.33. The van der Waals surface area contributed by atoms with Gasteiger partial charge in [-0.15, -0.1) is 0 Å². The Labute approximate surface area is 160 Å². The summed E-state index contributed by atoms with van der Waals surface area (Å²) >= 11 is 0. The SMILES string of the molecule is Cc1cc(C(=O)NCCc2nc(Cc3ccccc3)no2)c2c(C)noc2n1. The average molecular weight is 377 g/mol. The molecule has 0 fully saturated rings. The van der Waals surface area contributed by atoms with Crippen molar-refractivity contribution in [3.05, 3.63) is 70.6 Å². The van der Waals surface area contributed by atoms with E-state index in [0.717, 1.165) is 5.56 Å². The quantitative estimate of drug-likeness (QED) is 0.550. The van der Waals surface area contributed by atoms with Crippen molar-refractivity contribution in [3.8, 4) is 0 Å². The number of amides is 1. The van der Waals surface area contributed by atoms with Crippen molar-refractivity contribution >= 4 is 17.0 Å². The number of rotatable bonds is 6. The highest BCUT2D eigenvalue weighted by Gasteiger charge is 2.17. The first kappa shape index (κ1) is 17.8. The van der Waals surface area contributed by atoms with Gasteiger partial charge in [0.1, 0.15) is 0 Å². The smallest absolute Gasteiger partial charge is 0.258 e. The average Bonchev–Trinajstić information content (AvgIpc) is 3.28. The number of hydrogen-bond donors (Lipinski definition) is 1. The minimum atomic E-state index is -0.217. The molecule has 1 N–H and O–H groups in total. The molecular weight excluding hydrogens is 358 g/mol. The van der Waals surface area contributed by atoms with Crippen LogP contribution in [0.1, 0.15) is 39.0 Å². The molecule has 8 heteroatoms. The van der Waals surface area contributed by atoms with Crippen molar-refractivity contribution in [2.24, 2.45) is 0 Å². The molecule has 3 heterocycles. The van der Waals surface area contributed by atoms with Crippen LogP contribution in [-0.4, -0.2) is 32.7 Å². The molecule has 4 aromatic rings. The first-order chi connectivity index (χ1) is 13.6. The van der Waals surface area contributed by atoms with Gasteiger partial charge in [-0.25, -0.2) is 4.98 Å². The van der Waals surface area contributed by atoms with Gasteiger partial charge in [-0.05, 0) is 25.5 Å². The highest BCUT2D eigenvalue weighted by molar-refractivity contribution is 6.06. The highest BCUT2D eigenvalue weighted by Crippen LogP contribution is 2.21. The molecular formula is C20H19N5O3.